The lowest BCUT2D eigenvalue weighted by atomic mass is 10.2. The molecule has 1 amide bonds. The fourth-order valence-corrected chi connectivity index (χ4v) is 1.75. The van der Waals surface area contributed by atoms with E-state index in [0.717, 1.165) is 17.8 Å². The summed E-state index contributed by atoms with van der Waals surface area (Å²) in [5.41, 5.74) is 0.451. The highest BCUT2D eigenvalue weighted by Gasteiger charge is 2.30. The molecule has 2 N–H and O–H groups in total. The van der Waals surface area contributed by atoms with Crippen LogP contribution in [-0.2, 0) is 6.18 Å². The minimum Gasteiger partial charge on any atom is -0.476 e. The zero-order chi connectivity index (χ0) is 16.2. The van der Waals surface area contributed by atoms with Gasteiger partial charge >= 0.3 is 6.18 Å². The van der Waals surface area contributed by atoms with Crippen LogP contribution in [0.15, 0.2) is 30.6 Å². The molecule has 0 saturated carbocycles. The summed E-state index contributed by atoms with van der Waals surface area (Å²) in [5.74, 6) is -0.178. The van der Waals surface area contributed by atoms with Gasteiger partial charge in [0.15, 0.2) is 0 Å². The largest absolute Gasteiger partial charge is 0.476 e. The molecule has 0 spiro atoms. The highest BCUT2D eigenvalue weighted by molar-refractivity contribution is 5.95. The minimum absolute atomic E-state index is 0.0695. The molecule has 2 rings (SSSR count). The van der Waals surface area contributed by atoms with Crippen molar-refractivity contribution in [2.45, 2.75) is 13.1 Å². The van der Waals surface area contributed by atoms with Gasteiger partial charge in [-0.1, -0.05) is 0 Å². The third-order valence-corrected chi connectivity index (χ3v) is 2.90. The van der Waals surface area contributed by atoms with E-state index < -0.39 is 11.7 Å². The molecule has 0 aliphatic carbocycles. The van der Waals surface area contributed by atoms with Crippen LogP contribution in [0, 0.1) is 6.92 Å². The van der Waals surface area contributed by atoms with Crippen molar-refractivity contribution >= 4 is 5.91 Å². The number of hydrogen-bond donors (Lipinski definition) is 2. The smallest absolute Gasteiger partial charge is 0.417 e. The first-order chi connectivity index (χ1) is 10.4. The first-order valence-corrected chi connectivity index (χ1v) is 6.46. The first-order valence-electron chi connectivity index (χ1n) is 6.46. The maximum atomic E-state index is 12.4. The van der Waals surface area contributed by atoms with Crippen LogP contribution in [0.1, 0.15) is 21.6 Å². The van der Waals surface area contributed by atoms with Gasteiger partial charge in [-0.15, -0.1) is 0 Å². The number of H-pyrrole nitrogens is 1. The van der Waals surface area contributed by atoms with E-state index in [1.54, 1.807) is 19.2 Å². The Morgan fingerprint density at radius 1 is 1.36 bits per heavy atom. The van der Waals surface area contributed by atoms with Gasteiger partial charge in [0.05, 0.1) is 17.7 Å². The molecule has 2 heterocycles. The Morgan fingerprint density at radius 2 is 2.14 bits per heavy atom. The molecule has 0 fully saturated rings. The zero-order valence-electron chi connectivity index (χ0n) is 11.7. The van der Waals surface area contributed by atoms with Crippen molar-refractivity contribution in [1.82, 2.24) is 15.3 Å². The Hall–Kier alpha value is -2.51. The van der Waals surface area contributed by atoms with Crippen molar-refractivity contribution in [1.29, 1.82) is 0 Å². The molecular weight excluding hydrogens is 299 g/mol. The average Bonchev–Trinajstić information content (AvgIpc) is 2.89. The molecule has 0 bridgehead atoms. The highest BCUT2D eigenvalue weighted by Crippen LogP contribution is 2.29. The Labute approximate surface area is 124 Å². The quantitative estimate of drug-likeness (QED) is 0.834. The maximum Gasteiger partial charge on any atom is 0.417 e. The number of nitrogens with one attached hydrogen (secondary N) is 2. The molecule has 0 aliphatic rings. The monoisotopic (exact) mass is 313 g/mol. The summed E-state index contributed by atoms with van der Waals surface area (Å²) in [7, 11) is 0. The molecule has 0 aliphatic heterocycles. The molecule has 2 aromatic heterocycles. The average molecular weight is 313 g/mol. The number of rotatable bonds is 5. The number of amides is 1. The second-order valence-corrected chi connectivity index (χ2v) is 4.50. The van der Waals surface area contributed by atoms with Gasteiger partial charge in [0.1, 0.15) is 6.61 Å². The van der Waals surface area contributed by atoms with E-state index in [1.807, 2.05) is 0 Å². The summed E-state index contributed by atoms with van der Waals surface area (Å²) in [5, 5.41) is 2.64. The fourth-order valence-electron chi connectivity index (χ4n) is 1.75. The predicted octanol–water partition coefficient (Wildman–Crippen LogP) is 2.55. The molecule has 0 saturated heterocycles. The van der Waals surface area contributed by atoms with Crippen LogP contribution in [0.2, 0.25) is 0 Å². The fraction of sp³-hybridized carbons (Fsp3) is 0.286. The molecule has 118 valence electrons. The molecule has 8 heteroatoms. The van der Waals surface area contributed by atoms with Crippen molar-refractivity contribution in [3.05, 3.63) is 47.4 Å². The first kappa shape index (κ1) is 15.9. The Bertz CT molecular complexity index is 636. The number of nitrogens with zero attached hydrogens (tertiary/aromatic N) is 1. The van der Waals surface area contributed by atoms with Crippen LogP contribution in [0.5, 0.6) is 5.88 Å². The number of hydrogen-bond acceptors (Lipinski definition) is 3. The van der Waals surface area contributed by atoms with Gasteiger partial charge in [0, 0.05) is 24.2 Å². The van der Waals surface area contributed by atoms with Crippen LogP contribution in [0.25, 0.3) is 0 Å². The van der Waals surface area contributed by atoms with Crippen LogP contribution in [0.3, 0.4) is 0 Å². The van der Waals surface area contributed by atoms with E-state index in [1.165, 1.54) is 0 Å². The van der Waals surface area contributed by atoms with Crippen molar-refractivity contribution in [3.63, 3.8) is 0 Å². The normalized spacial score (nSPS) is 11.3. The third kappa shape index (κ3) is 4.00. The molecular formula is C14H14F3N3O2. The van der Waals surface area contributed by atoms with Gasteiger partial charge in [-0.2, -0.15) is 13.2 Å². The zero-order valence-corrected chi connectivity index (χ0v) is 11.7. The van der Waals surface area contributed by atoms with Gasteiger partial charge in [-0.3, -0.25) is 4.79 Å². The molecule has 0 radical (unpaired) electrons. The number of aromatic amines is 1. The summed E-state index contributed by atoms with van der Waals surface area (Å²) in [6.07, 6.45) is -2.06. The van der Waals surface area contributed by atoms with Crippen molar-refractivity contribution in [2.75, 3.05) is 13.2 Å². The number of halogens is 3. The number of ether oxygens (including phenoxy) is 1. The van der Waals surface area contributed by atoms with Crippen LogP contribution < -0.4 is 10.1 Å². The minimum atomic E-state index is -4.42. The highest BCUT2D eigenvalue weighted by atomic mass is 19.4. The van der Waals surface area contributed by atoms with Gasteiger partial charge in [0.2, 0.25) is 5.88 Å². The SMILES string of the molecule is Cc1[nH]ccc1C(=O)NCCOc1ccc(C(F)(F)F)cn1. The molecule has 0 unspecified atom stereocenters. The Balaban J connectivity index is 1.77. The number of aryl methyl sites for hydroxylation is 1. The summed E-state index contributed by atoms with van der Waals surface area (Å²) in [6, 6.07) is 3.69. The van der Waals surface area contributed by atoms with E-state index in [4.69, 9.17) is 4.74 Å². The lowest BCUT2D eigenvalue weighted by Gasteiger charge is -2.09. The van der Waals surface area contributed by atoms with Crippen LogP contribution in [0.4, 0.5) is 13.2 Å². The second kappa shape index (κ2) is 6.50. The standard InChI is InChI=1S/C14H14F3N3O2/c1-9-11(4-5-18-9)13(21)19-6-7-22-12-3-2-10(8-20-12)14(15,16)17/h2-5,8,18H,6-7H2,1H3,(H,19,21). The van der Waals surface area contributed by atoms with E-state index in [-0.39, 0.29) is 24.9 Å². The van der Waals surface area contributed by atoms with Crippen molar-refractivity contribution in [3.8, 4) is 5.88 Å². The number of alkyl halides is 3. The molecule has 5 nitrogen and oxygen atoms in total. The van der Waals surface area contributed by atoms with Gasteiger partial charge in [0.25, 0.3) is 5.91 Å². The van der Waals surface area contributed by atoms with Crippen molar-refractivity contribution in [2.24, 2.45) is 0 Å². The molecule has 0 aromatic carbocycles. The number of pyridine rings is 1. The van der Waals surface area contributed by atoms with Gasteiger partial charge in [-0.05, 0) is 19.1 Å². The molecule has 0 atom stereocenters. The molecule has 2 aromatic rings. The Kier molecular flexibility index (Phi) is 4.69. The number of carbonyl (C=O) groups is 1. The summed E-state index contributed by atoms with van der Waals surface area (Å²) in [4.78, 5) is 18.2. The summed E-state index contributed by atoms with van der Waals surface area (Å²) < 4.78 is 42.2. The molecule has 22 heavy (non-hydrogen) atoms. The van der Waals surface area contributed by atoms with Crippen LogP contribution in [-0.4, -0.2) is 29.0 Å². The summed E-state index contributed by atoms with van der Waals surface area (Å²) >= 11 is 0. The van der Waals surface area contributed by atoms with E-state index >= 15 is 0 Å². The number of carbonyl (C=O) groups excluding carboxylic acids is 1. The van der Waals surface area contributed by atoms with Crippen LogP contribution >= 0.6 is 0 Å². The topological polar surface area (TPSA) is 67.0 Å². The van der Waals surface area contributed by atoms with E-state index in [2.05, 4.69) is 15.3 Å². The summed E-state index contributed by atoms with van der Waals surface area (Å²) in [6.45, 7) is 2.09. The lowest BCUT2D eigenvalue weighted by molar-refractivity contribution is -0.137. The van der Waals surface area contributed by atoms with E-state index in [0.29, 0.717) is 11.8 Å². The van der Waals surface area contributed by atoms with Gasteiger partial charge < -0.3 is 15.0 Å². The third-order valence-electron chi connectivity index (χ3n) is 2.90. The lowest BCUT2D eigenvalue weighted by Crippen LogP contribution is -2.28. The predicted molar refractivity (Wildman–Crippen MR) is 72.6 cm³/mol. The van der Waals surface area contributed by atoms with Crippen molar-refractivity contribution < 1.29 is 22.7 Å². The van der Waals surface area contributed by atoms with E-state index in [9.17, 15) is 18.0 Å². The number of aromatic nitrogens is 2. The second-order valence-electron chi connectivity index (χ2n) is 4.50. The Morgan fingerprint density at radius 3 is 2.68 bits per heavy atom. The maximum absolute atomic E-state index is 12.4. The van der Waals surface area contributed by atoms with Gasteiger partial charge in [-0.25, -0.2) is 4.98 Å².